The second-order valence-corrected chi connectivity index (χ2v) is 6.96. The van der Waals surface area contributed by atoms with E-state index in [1.165, 1.54) is 16.7 Å². The third kappa shape index (κ3) is 7.16. The first-order valence-corrected chi connectivity index (χ1v) is 9.14. The molecule has 130 valence electrons. The van der Waals surface area contributed by atoms with Crippen LogP contribution >= 0.6 is 0 Å². The number of carbonyl (C=O) groups excluding carboxylic acids is 1. The SMILES string of the molecule is CC.CCCC(C)/C(=C\C(=O)C(C)(C)C)c1cccc(CC)c1. The van der Waals surface area contributed by atoms with E-state index < -0.39 is 0 Å². The Morgan fingerprint density at radius 1 is 1.17 bits per heavy atom. The Hall–Kier alpha value is -1.37. The molecule has 0 bridgehead atoms. The molecule has 1 nitrogen and oxygen atoms in total. The zero-order valence-electron chi connectivity index (χ0n) is 16.5. The van der Waals surface area contributed by atoms with E-state index in [1.54, 1.807) is 0 Å². The summed E-state index contributed by atoms with van der Waals surface area (Å²) >= 11 is 0. The second kappa shape index (κ2) is 10.4. The van der Waals surface area contributed by atoms with Crippen LogP contribution in [0.4, 0.5) is 0 Å². The van der Waals surface area contributed by atoms with E-state index >= 15 is 0 Å². The first kappa shape index (κ1) is 21.6. The van der Waals surface area contributed by atoms with Crippen LogP contribution in [0, 0.1) is 11.3 Å². The van der Waals surface area contributed by atoms with E-state index in [-0.39, 0.29) is 11.2 Å². The van der Waals surface area contributed by atoms with E-state index in [0.717, 1.165) is 19.3 Å². The van der Waals surface area contributed by atoms with Gasteiger partial charge in [-0.15, -0.1) is 0 Å². The molecule has 0 aromatic heterocycles. The number of allylic oxidation sites excluding steroid dienone is 2. The Kier molecular flexibility index (Phi) is 9.79. The van der Waals surface area contributed by atoms with E-state index in [4.69, 9.17) is 0 Å². The number of rotatable bonds is 6. The fourth-order valence-corrected chi connectivity index (χ4v) is 2.43. The van der Waals surface area contributed by atoms with Gasteiger partial charge in [0.25, 0.3) is 0 Å². The van der Waals surface area contributed by atoms with Crippen LogP contribution in [0.1, 0.15) is 79.4 Å². The van der Waals surface area contributed by atoms with Gasteiger partial charge in [-0.2, -0.15) is 0 Å². The molecule has 1 heteroatoms. The number of carbonyl (C=O) groups is 1. The van der Waals surface area contributed by atoms with Crippen LogP contribution in [-0.2, 0) is 11.2 Å². The van der Waals surface area contributed by atoms with Gasteiger partial charge in [-0.25, -0.2) is 0 Å². The third-order valence-corrected chi connectivity index (χ3v) is 3.95. The maximum absolute atomic E-state index is 12.4. The van der Waals surface area contributed by atoms with Crippen molar-refractivity contribution in [2.24, 2.45) is 11.3 Å². The lowest BCUT2D eigenvalue weighted by Gasteiger charge is -2.20. The van der Waals surface area contributed by atoms with E-state index in [0.29, 0.717) is 5.92 Å². The van der Waals surface area contributed by atoms with Gasteiger partial charge in [-0.3, -0.25) is 4.79 Å². The average molecular weight is 317 g/mol. The summed E-state index contributed by atoms with van der Waals surface area (Å²) in [5, 5.41) is 0. The largest absolute Gasteiger partial charge is 0.294 e. The smallest absolute Gasteiger partial charge is 0.161 e. The predicted octanol–water partition coefficient (Wildman–Crippen LogP) is 6.71. The number of ketones is 1. The summed E-state index contributed by atoms with van der Waals surface area (Å²) in [7, 11) is 0. The molecule has 0 saturated heterocycles. The van der Waals surface area contributed by atoms with Gasteiger partial charge < -0.3 is 0 Å². The average Bonchev–Trinajstić information content (AvgIpc) is 2.53. The highest BCUT2D eigenvalue weighted by atomic mass is 16.1. The van der Waals surface area contributed by atoms with Gasteiger partial charge in [0, 0.05) is 5.41 Å². The fraction of sp³-hybridized carbons (Fsp3) is 0.591. The third-order valence-electron chi connectivity index (χ3n) is 3.95. The zero-order valence-corrected chi connectivity index (χ0v) is 16.5. The van der Waals surface area contributed by atoms with Gasteiger partial charge in [0.1, 0.15) is 0 Å². The van der Waals surface area contributed by atoms with E-state index in [2.05, 4.69) is 45.0 Å². The molecule has 1 atom stereocenters. The van der Waals surface area contributed by atoms with E-state index in [9.17, 15) is 4.79 Å². The van der Waals surface area contributed by atoms with Crippen molar-refractivity contribution in [3.05, 3.63) is 41.5 Å². The summed E-state index contributed by atoms with van der Waals surface area (Å²) < 4.78 is 0. The Morgan fingerprint density at radius 3 is 2.26 bits per heavy atom. The van der Waals surface area contributed by atoms with Crippen LogP contribution in [0.3, 0.4) is 0 Å². The lowest BCUT2D eigenvalue weighted by Crippen LogP contribution is -2.18. The summed E-state index contributed by atoms with van der Waals surface area (Å²) in [5.74, 6) is 0.621. The summed E-state index contributed by atoms with van der Waals surface area (Å²) in [6, 6.07) is 8.61. The highest BCUT2D eigenvalue weighted by Crippen LogP contribution is 2.29. The second-order valence-electron chi connectivity index (χ2n) is 6.96. The van der Waals surface area contributed by atoms with Gasteiger partial charge >= 0.3 is 0 Å². The summed E-state index contributed by atoms with van der Waals surface area (Å²) in [6.45, 7) is 16.5. The Labute approximate surface area is 144 Å². The van der Waals surface area contributed by atoms with Gasteiger partial charge in [0.15, 0.2) is 5.78 Å². The normalized spacial score (nSPS) is 13.1. The molecule has 0 fully saturated rings. The molecule has 1 unspecified atom stereocenters. The van der Waals surface area contributed by atoms with Crippen LogP contribution in [0.5, 0.6) is 0 Å². The monoisotopic (exact) mass is 316 g/mol. The molecule has 0 spiro atoms. The molecule has 1 aromatic rings. The quantitative estimate of drug-likeness (QED) is 0.533. The molecule has 1 rings (SSSR count). The molecule has 1 aromatic carbocycles. The van der Waals surface area contributed by atoms with Crippen molar-refractivity contribution in [1.29, 1.82) is 0 Å². The van der Waals surface area contributed by atoms with Gasteiger partial charge in [-0.1, -0.05) is 86.1 Å². The van der Waals surface area contributed by atoms with Crippen LogP contribution in [0.2, 0.25) is 0 Å². The van der Waals surface area contributed by atoms with Crippen molar-refractivity contribution >= 4 is 11.4 Å². The zero-order chi connectivity index (χ0) is 18.0. The van der Waals surface area contributed by atoms with Crippen LogP contribution in [0.15, 0.2) is 30.3 Å². The van der Waals surface area contributed by atoms with Crippen molar-refractivity contribution in [1.82, 2.24) is 0 Å². The fourth-order valence-electron chi connectivity index (χ4n) is 2.43. The van der Waals surface area contributed by atoms with Crippen molar-refractivity contribution in [2.45, 2.75) is 74.7 Å². The molecule has 0 radical (unpaired) electrons. The van der Waals surface area contributed by atoms with Crippen molar-refractivity contribution in [3.8, 4) is 0 Å². The first-order valence-electron chi connectivity index (χ1n) is 9.14. The maximum Gasteiger partial charge on any atom is 0.161 e. The van der Waals surface area contributed by atoms with Crippen LogP contribution < -0.4 is 0 Å². The van der Waals surface area contributed by atoms with Crippen molar-refractivity contribution in [2.75, 3.05) is 0 Å². The van der Waals surface area contributed by atoms with E-state index in [1.807, 2.05) is 40.7 Å². The molecular weight excluding hydrogens is 280 g/mol. The molecule has 0 aliphatic heterocycles. The van der Waals surface area contributed by atoms with Gasteiger partial charge in [0.2, 0.25) is 0 Å². The molecule has 23 heavy (non-hydrogen) atoms. The maximum atomic E-state index is 12.4. The summed E-state index contributed by atoms with van der Waals surface area (Å²) in [5.41, 5.74) is 3.39. The summed E-state index contributed by atoms with van der Waals surface area (Å²) in [6.07, 6.45) is 5.15. The Morgan fingerprint density at radius 2 is 1.78 bits per heavy atom. The van der Waals surface area contributed by atoms with Gasteiger partial charge in [0.05, 0.1) is 0 Å². The van der Waals surface area contributed by atoms with Crippen LogP contribution in [0.25, 0.3) is 5.57 Å². The highest BCUT2D eigenvalue weighted by Gasteiger charge is 2.21. The number of hydrogen-bond acceptors (Lipinski definition) is 1. The molecule has 0 heterocycles. The minimum Gasteiger partial charge on any atom is -0.294 e. The van der Waals surface area contributed by atoms with Crippen molar-refractivity contribution in [3.63, 3.8) is 0 Å². The summed E-state index contributed by atoms with van der Waals surface area (Å²) in [4.78, 5) is 12.4. The lowest BCUT2D eigenvalue weighted by molar-refractivity contribution is -0.121. The molecular formula is C22H36O. The minimum atomic E-state index is -0.320. The standard InChI is InChI=1S/C20H30O.C2H6/c1-7-10-15(3)18(14-19(21)20(4,5)6)17-12-9-11-16(8-2)13-17;1-2/h9,11-15H,7-8,10H2,1-6H3;1-2H3/b18-14+;. The number of benzene rings is 1. The Bertz CT molecular complexity index is 503. The van der Waals surface area contributed by atoms with Crippen molar-refractivity contribution < 1.29 is 4.79 Å². The molecule has 0 amide bonds. The molecule has 0 saturated carbocycles. The number of aryl methyl sites for hydroxylation is 1. The molecule has 0 aliphatic carbocycles. The first-order chi connectivity index (χ1) is 10.8. The van der Waals surface area contributed by atoms with Crippen LogP contribution in [-0.4, -0.2) is 5.78 Å². The molecule has 0 aliphatic rings. The predicted molar refractivity (Wildman–Crippen MR) is 104 cm³/mol. The van der Waals surface area contributed by atoms with Gasteiger partial charge in [-0.05, 0) is 41.5 Å². The molecule has 0 N–H and O–H groups in total. The number of hydrogen-bond donors (Lipinski definition) is 0. The topological polar surface area (TPSA) is 17.1 Å². The minimum absolute atomic E-state index is 0.211. The Balaban J connectivity index is 0.00000232. The lowest BCUT2D eigenvalue weighted by atomic mass is 9.84. The highest BCUT2D eigenvalue weighted by molar-refractivity contribution is 6.00.